The molecule has 57 heavy (non-hydrogen) atoms. The highest BCUT2D eigenvalue weighted by Crippen LogP contribution is 2.40. The highest BCUT2D eigenvalue weighted by atomic mass is 16.6. The van der Waals surface area contributed by atoms with Crippen molar-refractivity contribution in [3.8, 4) is 23.0 Å². The van der Waals surface area contributed by atoms with Crippen molar-refractivity contribution in [3.05, 3.63) is 128 Å². The largest absolute Gasteiger partial charge is 0.493 e. The SMILES string of the molecule is CNc1cc(OCc2cc(COc3cc(NCC4Cc5ccccc5N4C=O)c(C)cc3OC)cc([N+](=O)[O-])c2)c(OC)cc1C(=O)N1C2=C(CCC=C2)C[C@H]1C. The van der Waals surface area contributed by atoms with Crippen molar-refractivity contribution in [2.24, 2.45) is 0 Å². The van der Waals surface area contributed by atoms with Crippen LogP contribution in [0.2, 0.25) is 0 Å². The second-order valence-electron chi connectivity index (χ2n) is 14.5. The Bertz CT molecular complexity index is 2270. The second-order valence-corrected chi connectivity index (χ2v) is 14.5. The van der Waals surface area contributed by atoms with Crippen molar-refractivity contribution < 1.29 is 33.5 Å². The van der Waals surface area contributed by atoms with Gasteiger partial charge in [-0.25, -0.2) is 0 Å². The van der Waals surface area contributed by atoms with Gasteiger partial charge in [0, 0.05) is 61.0 Å². The van der Waals surface area contributed by atoms with Gasteiger partial charge in [0.15, 0.2) is 23.0 Å². The molecule has 296 valence electrons. The Balaban J connectivity index is 1.06. The Labute approximate surface area is 332 Å². The Hall–Kier alpha value is -6.50. The number of carbonyl (C=O) groups excluding carboxylic acids is 2. The average Bonchev–Trinajstić information content (AvgIpc) is 3.76. The third-order valence-electron chi connectivity index (χ3n) is 10.8. The second kappa shape index (κ2) is 16.7. The molecule has 0 aromatic heterocycles. The van der Waals surface area contributed by atoms with Crippen LogP contribution in [0.15, 0.2) is 90.2 Å². The fourth-order valence-electron chi connectivity index (χ4n) is 7.98. The number of nitrogens with zero attached hydrogens (tertiary/aromatic N) is 3. The molecule has 0 spiro atoms. The molecular weight excluding hydrogens is 727 g/mol. The van der Waals surface area contributed by atoms with E-state index in [1.54, 1.807) is 37.3 Å². The molecule has 2 aliphatic heterocycles. The van der Waals surface area contributed by atoms with E-state index in [1.807, 2.05) is 54.3 Å². The highest BCUT2D eigenvalue weighted by molar-refractivity contribution is 6.02. The van der Waals surface area contributed by atoms with Crippen LogP contribution in [0.4, 0.5) is 22.7 Å². The molecule has 2 atom stereocenters. The van der Waals surface area contributed by atoms with Crippen molar-refractivity contribution in [1.82, 2.24) is 4.90 Å². The number of hydrogen-bond acceptors (Lipinski definition) is 10. The first-order valence-corrected chi connectivity index (χ1v) is 19.0. The predicted octanol–water partition coefficient (Wildman–Crippen LogP) is 7.96. The number of hydrogen-bond donors (Lipinski definition) is 2. The van der Waals surface area contributed by atoms with Crippen LogP contribution in [0.1, 0.15) is 58.8 Å². The summed E-state index contributed by atoms with van der Waals surface area (Å²) in [6.07, 6.45) is 8.55. The summed E-state index contributed by atoms with van der Waals surface area (Å²) in [5, 5.41) is 18.7. The molecule has 0 saturated carbocycles. The average molecular weight is 774 g/mol. The summed E-state index contributed by atoms with van der Waals surface area (Å²) >= 11 is 0. The van der Waals surface area contributed by atoms with Gasteiger partial charge >= 0.3 is 0 Å². The molecule has 2 heterocycles. The third-order valence-corrected chi connectivity index (χ3v) is 10.8. The monoisotopic (exact) mass is 773 g/mol. The summed E-state index contributed by atoms with van der Waals surface area (Å²) in [4.78, 5) is 41.2. The molecule has 13 nitrogen and oxygen atoms in total. The number of fused-ring (bicyclic) bond motifs is 1. The summed E-state index contributed by atoms with van der Waals surface area (Å²) in [7, 11) is 4.81. The first-order valence-electron chi connectivity index (χ1n) is 19.0. The molecule has 0 bridgehead atoms. The molecule has 7 rings (SSSR count). The van der Waals surface area contributed by atoms with Crippen molar-refractivity contribution >= 4 is 35.1 Å². The quantitative estimate of drug-likeness (QED) is 0.0694. The van der Waals surface area contributed by atoms with Gasteiger partial charge in [0.1, 0.15) is 13.2 Å². The number of nitrogens with one attached hydrogen (secondary N) is 2. The Morgan fingerprint density at radius 2 is 1.61 bits per heavy atom. The summed E-state index contributed by atoms with van der Waals surface area (Å²) < 4.78 is 23.8. The standard InChI is InChI=1S/C44H47N5O8/c1-27-14-40(54-4)42(21-36(27)46-23-34-19-32-11-6-8-12-38(32)47(34)26-50)56-24-29-16-30(18-33(17-29)49(52)53)25-57-43-22-37(45-3)35(20-41(43)55-5)44(51)48-28(2)15-31-10-7-9-13-39(31)48/h6,8-9,11-14,16-18,20-22,26,28,34,45-46H,7,10,15,19,23-25H2,1-5H3/t28-,34?/m1/s1. The summed E-state index contributed by atoms with van der Waals surface area (Å²) in [5.41, 5.74) is 8.06. The highest BCUT2D eigenvalue weighted by Gasteiger charge is 2.35. The number of para-hydroxylation sites is 1. The van der Waals surface area contributed by atoms with Crippen LogP contribution in [0, 0.1) is 17.0 Å². The normalized spacial score (nSPS) is 16.9. The lowest BCUT2D eigenvalue weighted by atomic mass is 10.0. The van der Waals surface area contributed by atoms with E-state index in [2.05, 4.69) is 23.6 Å². The van der Waals surface area contributed by atoms with Gasteiger partial charge < -0.3 is 39.4 Å². The van der Waals surface area contributed by atoms with Crippen LogP contribution in [0.3, 0.4) is 0 Å². The predicted molar refractivity (Wildman–Crippen MR) is 219 cm³/mol. The number of non-ortho nitro benzene ring substituents is 1. The minimum absolute atomic E-state index is 0.0106. The van der Waals surface area contributed by atoms with Crippen LogP contribution in [-0.4, -0.2) is 62.0 Å². The van der Waals surface area contributed by atoms with Gasteiger partial charge in [0.25, 0.3) is 11.6 Å². The van der Waals surface area contributed by atoms with Crippen LogP contribution in [-0.2, 0) is 24.4 Å². The van der Waals surface area contributed by atoms with Gasteiger partial charge in [0.2, 0.25) is 6.41 Å². The molecule has 4 aromatic carbocycles. The number of allylic oxidation sites excluding steroid dienone is 2. The van der Waals surface area contributed by atoms with Crippen LogP contribution >= 0.6 is 0 Å². The maximum absolute atomic E-state index is 14.0. The minimum atomic E-state index is -0.451. The van der Waals surface area contributed by atoms with E-state index < -0.39 is 4.92 Å². The smallest absolute Gasteiger partial charge is 0.270 e. The minimum Gasteiger partial charge on any atom is -0.493 e. The lowest BCUT2D eigenvalue weighted by Gasteiger charge is -2.26. The van der Waals surface area contributed by atoms with E-state index in [-0.39, 0.29) is 36.9 Å². The zero-order valence-corrected chi connectivity index (χ0v) is 32.8. The Morgan fingerprint density at radius 1 is 0.930 bits per heavy atom. The van der Waals surface area contributed by atoms with Crippen molar-refractivity contribution in [3.63, 3.8) is 0 Å². The molecule has 0 saturated heterocycles. The first kappa shape index (κ1) is 38.8. The van der Waals surface area contributed by atoms with Crippen molar-refractivity contribution in [2.45, 2.75) is 64.8 Å². The van der Waals surface area contributed by atoms with Crippen LogP contribution in [0.5, 0.6) is 23.0 Å². The van der Waals surface area contributed by atoms with Crippen LogP contribution in [0.25, 0.3) is 0 Å². The van der Waals surface area contributed by atoms with Crippen molar-refractivity contribution in [1.29, 1.82) is 0 Å². The summed E-state index contributed by atoms with van der Waals surface area (Å²) in [6.45, 7) is 4.52. The number of methoxy groups -OCH3 is 2. The Kier molecular flexibility index (Phi) is 11.4. The number of nitro groups is 1. The van der Waals surface area contributed by atoms with Gasteiger partial charge in [-0.3, -0.25) is 19.7 Å². The van der Waals surface area contributed by atoms with E-state index in [0.29, 0.717) is 51.9 Å². The number of amides is 2. The molecule has 3 aliphatic rings. The summed E-state index contributed by atoms with van der Waals surface area (Å²) in [5.74, 6) is 1.56. The van der Waals surface area contributed by atoms with E-state index in [4.69, 9.17) is 18.9 Å². The maximum atomic E-state index is 14.0. The molecule has 2 N–H and O–H groups in total. The van der Waals surface area contributed by atoms with Gasteiger partial charge in [0.05, 0.1) is 36.4 Å². The fourth-order valence-corrected chi connectivity index (χ4v) is 7.98. The zero-order valence-electron chi connectivity index (χ0n) is 32.8. The molecule has 0 radical (unpaired) electrons. The number of ether oxygens (including phenoxy) is 4. The van der Waals surface area contributed by atoms with Gasteiger partial charge in [-0.1, -0.05) is 24.3 Å². The zero-order chi connectivity index (χ0) is 40.2. The molecule has 1 unspecified atom stereocenters. The number of aryl methyl sites for hydroxylation is 1. The molecule has 13 heteroatoms. The number of rotatable bonds is 15. The lowest BCUT2D eigenvalue weighted by molar-refractivity contribution is -0.385. The lowest BCUT2D eigenvalue weighted by Crippen LogP contribution is -2.36. The third kappa shape index (κ3) is 7.95. The van der Waals surface area contributed by atoms with E-state index >= 15 is 0 Å². The van der Waals surface area contributed by atoms with Gasteiger partial charge in [-0.2, -0.15) is 0 Å². The molecule has 2 amide bonds. The number of carbonyl (C=O) groups is 2. The van der Waals surface area contributed by atoms with Crippen LogP contribution < -0.4 is 34.5 Å². The molecule has 1 aliphatic carbocycles. The van der Waals surface area contributed by atoms with Crippen molar-refractivity contribution in [2.75, 3.05) is 43.3 Å². The number of anilines is 3. The molecule has 4 aromatic rings. The van der Waals surface area contributed by atoms with E-state index in [0.717, 1.165) is 60.3 Å². The number of benzene rings is 4. The summed E-state index contributed by atoms with van der Waals surface area (Å²) in [6, 6.07) is 19.7. The molecule has 0 fully saturated rings. The first-order chi connectivity index (χ1) is 27.6. The topological polar surface area (TPSA) is 145 Å². The van der Waals surface area contributed by atoms with Gasteiger partial charge in [-0.05, 0) is 97.7 Å². The van der Waals surface area contributed by atoms with E-state index in [1.165, 1.54) is 24.8 Å². The number of nitro benzene ring substituents is 1. The van der Waals surface area contributed by atoms with E-state index in [9.17, 15) is 19.7 Å². The van der Waals surface area contributed by atoms with Gasteiger partial charge in [-0.15, -0.1) is 0 Å². The molecular formula is C44H47N5O8. The fraction of sp³-hybridized carbons (Fsp3) is 0.318. The Morgan fingerprint density at radius 3 is 2.28 bits per heavy atom. The maximum Gasteiger partial charge on any atom is 0.270 e.